The van der Waals surface area contributed by atoms with Gasteiger partial charge in [0, 0.05) is 5.56 Å². The lowest BCUT2D eigenvalue weighted by molar-refractivity contribution is -0.367. The number of fused-ring (bicyclic) bond motifs is 1. The summed E-state index contributed by atoms with van der Waals surface area (Å²) in [7, 11) is 0. The third-order valence-corrected chi connectivity index (χ3v) is 4.05. The van der Waals surface area contributed by atoms with Crippen LogP contribution in [0.1, 0.15) is 5.82 Å². The minimum absolute atomic E-state index is 0.195. The highest BCUT2D eigenvalue weighted by molar-refractivity contribution is 5.87. The Labute approximate surface area is 159 Å². The zero-order valence-corrected chi connectivity index (χ0v) is 14.1. The van der Waals surface area contributed by atoms with Gasteiger partial charge in [0.2, 0.25) is 0 Å². The molecule has 0 aliphatic heterocycles. The third-order valence-electron chi connectivity index (χ3n) is 4.05. The van der Waals surface area contributed by atoms with Crippen molar-refractivity contribution in [2.24, 2.45) is 0 Å². The van der Waals surface area contributed by atoms with E-state index in [1.807, 2.05) is 0 Å². The fraction of sp³-hybridized carbons (Fsp3) is 0.167. The quantitative estimate of drug-likeness (QED) is 0.415. The van der Waals surface area contributed by atoms with Crippen LogP contribution in [0.15, 0.2) is 54.9 Å². The first-order valence-electron chi connectivity index (χ1n) is 8.01. The van der Waals surface area contributed by atoms with Gasteiger partial charge in [-0.1, -0.05) is 24.3 Å². The first-order valence-corrected chi connectivity index (χ1v) is 8.01. The minimum atomic E-state index is -6.12. The van der Waals surface area contributed by atoms with E-state index in [0.29, 0.717) is 11.9 Å². The van der Waals surface area contributed by atoms with Crippen LogP contribution in [-0.4, -0.2) is 27.2 Å². The smallest absolute Gasteiger partial charge is 0.430 e. The van der Waals surface area contributed by atoms with Crippen molar-refractivity contribution in [2.75, 3.05) is 0 Å². The Hall–Kier alpha value is -3.37. The molecule has 2 aromatic rings. The van der Waals surface area contributed by atoms with Crippen LogP contribution in [0, 0.1) is 0 Å². The van der Waals surface area contributed by atoms with E-state index >= 15 is 4.39 Å². The molecule has 0 saturated carbocycles. The second-order valence-electron chi connectivity index (χ2n) is 5.99. The Balaban J connectivity index is 1.71. The summed E-state index contributed by atoms with van der Waals surface area (Å²) in [6.45, 7) is 0. The Kier molecular flexibility index (Phi) is 4.14. The first kappa shape index (κ1) is 19.0. The van der Waals surface area contributed by atoms with Gasteiger partial charge in [-0.25, -0.2) is 9.37 Å². The average Bonchev–Trinajstić information content (AvgIpc) is 3.35. The van der Waals surface area contributed by atoms with E-state index < -0.39 is 35.5 Å². The van der Waals surface area contributed by atoms with E-state index in [1.54, 1.807) is 12.1 Å². The van der Waals surface area contributed by atoms with Crippen molar-refractivity contribution in [2.45, 2.75) is 18.0 Å². The van der Waals surface area contributed by atoms with Crippen molar-refractivity contribution in [3.63, 3.8) is 0 Å². The van der Waals surface area contributed by atoms with Crippen molar-refractivity contribution in [1.29, 1.82) is 0 Å². The van der Waals surface area contributed by atoms with E-state index in [9.17, 15) is 22.0 Å². The standard InChI is InChI=1S/C18H9F6N3O2/c19-16(17(20,21)22,18(23,24)29-11-4-2-1-3-5-11)14-25-9-26-15(27-14)28-13-7-6-10-8-12(10)13/h1-9H. The third kappa shape index (κ3) is 3.22. The molecule has 0 amide bonds. The number of benzene rings is 2. The number of hydrogen-bond donors (Lipinski definition) is 0. The molecule has 0 N–H and O–H groups in total. The Morgan fingerprint density at radius 3 is 2.14 bits per heavy atom. The highest BCUT2D eigenvalue weighted by atomic mass is 19.4. The van der Waals surface area contributed by atoms with Crippen LogP contribution in [0.3, 0.4) is 0 Å². The SMILES string of the molecule is FC(F)(F)C(F)(c1ncnc(Oc2ccc3cc2-3)n1)C(F)(F)Oc1ccccc1. The molecule has 2 aliphatic carbocycles. The number of rotatable bonds is 6. The van der Waals surface area contributed by atoms with Crippen LogP contribution < -0.4 is 9.47 Å². The second kappa shape index (κ2) is 6.33. The minimum Gasteiger partial charge on any atom is -0.430 e. The summed E-state index contributed by atoms with van der Waals surface area (Å²) in [6.07, 6.45) is -11.1. The molecule has 1 aromatic heterocycles. The molecule has 1 aromatic carbocycles. The molecule has 0 radical (unpaired) electrons. The van der Waals surface area contributed by atoms with Crippen molar-refractivity contribution >= 4 is 0 Å². The van der Waals surface area contributed by atoms with E-state index in [0.717, 1.165) is 17.7 Å². The molecule has 4 rings (SSSR count). The molecule has 0 saturated heterocycles. The normalized spacial score (nSPS) is 14.8. The van der Waals surface area contributed by atoms with Crippen LogP contribution in [-0.2, 0) is 5.67 Å². The lowest BCUT2D eigenvalue weighted by Crippen LogP contribution is -2.56. The van der Waals surface area contributed by atoms with Gasteiger partial charge in [0.1, 0.15) is 17.8 Å². The molecule has 150 valence electrons. The van der Waals surface area contributed by atoms with Crippen molar-refractivity contribution in [3.05, 3.63) is 60.7 Å². The fourth-order valence-corrected chi connectivity index (χ4v) is 2.54. The molecule has 1 unspecified atom stereocenters. The van der Waals surface area contributed by atoms with E-state index in [-0.39, 0.29) is 5.75 Å². The highest BCUT2D eigenvalue weighted by Crippen LogP contribution is 2.52. The van der Waals surface area contributed by atoms with Gasteiger partial charge in [-0.05, 0) is 29.8 Å². The van der Waals surface area contributed by atoms with Gasteiger partial charge in [-0.2, -0.15) is 31.9 Å². The van der Waals surface area contributed by atoms with Crippen LogP contribution in [0.5, 0.6) is 17.5 Å². The molecule has 29 heavy (non-hydrogen) atoms. The zero-order valence-electron chi connectivity index (χ0n) is 14.1. The molecule has 0 fully saturated rings. The molecule has 5 nitrogen and oxygen atoms in total. The zero-order chi connectivity index (χ0) is 20.9. The van der Waals surface area contributed by atoms with Crippen LogP contribution in [0.2, 0.25) is 0 Å². The Morgan fingerprint density at radius 1 is 0.828 bits per heavy atom. The fourth-order valence-electron chi connectivity index (χ4n) is 2.54. The lowest BCUT2D eigenvalue weighted by Gasteiger charge is -2.32. The van der Waals surface area contributed by atoms with Gasteiger partial charge in [-0.3, -0.25) is 0 Å². The van der Waals surface area contributed by atoms with Gasteiger partial charge < -0.3 is 9.47 Å². The van der Waals surface area contributed by atoms with Gasteiger partial charge in [0.05, 0.1) is 0 Å². The predicted molar refractivity (Wildman–Crippen MR) is 86.2 cm³/mol. The topological polar surface area (TPSA) is 57.1 Å². The van der Waals surface area contributed by atoms with Crippen LogP contribution in [0.4, 0.5) is 26.3 Å². The monoisotopic (exact) mass is 413 g/mol. The summed E-state index contributed by atoms with van der Waals surface area (Å²) in [5.74, 6) is -2.38. The number of hydrogen-bond acceptors (Lipinski definition) is 5. The summed E-state index contributed by atoms with van der Waals surface area (Å²) >= 11 is 0. The average molecular weight is 413 g/mol. The second-order valence-corrected chi connectivity index (χ2v) is 5.99. The summed E-state index contributed by atoms with van der Waals surface area (Å²) in [5, 5.41) is 0. The predicted octanol–water partition coefficient (Wildman–Crippen LogP) is 5.04. The maximum Gasteiger partial charge on any atom is 0.450 e. The Bertz CT molecular complexity index is 1060. The number of halogens is 6. The molecule has 1 atom stereocenters. The molecular formula is C18H9F6N3O2. The van der Waals surface area contributed by atoms with E-state index in [2.05, 4.69) is 19.7 Å². The molecule has 1 heterocycles. The largest absolute Gasteiger partial charge is 0.450 e. The molecule has 2 aliphatic rings. The summed E-state index contributed by atoms with van der Waals surface area (Å²) in [6, 6.07) is 9.85. The summed E-state index contributed by atoms with van der Waals surface area (Å²) < 4.78 is 93.6. The van der Waals surface area contributed by atoms with Gasteiger partial charge in [0.15, 0.2) is 5.82 Å². The van der Waals surface area contributed by atoms with Gasteiger partial charge in [0.25, 0.3) is 0 Å². The van der Waals surface area contributed by atoms with Crippen LogP contribution in [0.25, 0.3) is 11.1 Å². The maximum absolute atomic E-state index is 15.0. The van der Waals surface area contributed by atoms with Crippen molar-refractivity contribution < 1.29 is 35.8 Å². The van der Waals surface area contributed by atoms with Gasteiger partial charge >= 0.3 is 24.0 Å². The molecule has 0 spiro atoms. The van der Waals surface area contributed by atoms with E-state index in [1.165, 1.54) is 24.3 Å². The molecule has 11 heteroatoms. The number of para-hydroxylation sites is 1. The van der Waals surface area contributed by atoms with Gasteiger partial charge in [-0.15, -0.1) is 0 Å². The number of alkyl halides is 6. The first-order chi connectivity index (χ1) is 13.6. The maximum atomic E-state index is 15.0. The van der Waals surface area contributed by atoms with E-state index in [4.69, 9.17) is 4.74 Å². The Morgan fingerprint density at radius 2 is 1.55 bits per heavy atom. The summed E-state index contributed by atoms with van der Waals surface area (Å²) in [5.41, 5.74) is -3.87. The molecular weight excluding hydrogens is 404 g/mol. The highest BCUT2D eigenvalue weighted by Gasteiger charge is 2.77. The van der Waals surface area contributed by atoms with Crippen LogP contribution >= 0.6 is 0 Å². The number of ether oxygens (including phenoxy) is 2. The molecule has 0 bridgehead atoms. The lowest BCUT2D eigenvalue weighted by atomic mass is 10.0. The number of aromatic nitrogens is 3. The number of nitrogens with zero attached hydrogens (tertiary/aromatic N) is 3. The summed E-state index contributed by atoms with van der Waals surface area (Å²) in [4.78, 5) is 9.59. The van der Waals surface area contributed by atoms with Crippen molar-refractivity contribution in [3.8, 4) is 28.6 Å². The van der Waals surface area contributed by atoms with Crippen molar-refractivity contribution in [1.82, 2.24) is 15.0 Å².